The van der Waals surface area contributed by atoms with Gasteiger partial charge in [0.05, 0.1) is 0 Å². The van der Waals surface area contributed by atoms with E-state index in [-0.39, 0.29) is 0 Å². The molecule has 0 aliphatic heterocycles. The quantitative estimate of drug-likeness (QED) is 0.241. The summed E-state index contributed by atoms with van der Waals surface area (Å²) >= 11 is 0. The number of hydrogen-bond acceptors (Lipinski definition) is 2. The van der Waals surface area contributed by atoms with Gasteiger partial charge in [-0.3, -0.25) is 4.98 Å². The Bertz CT molecular complexity index is 1260. The third-order valence-corrected chi connectivity index (χ3v) is 5.93. The molecule has 1 aromatic heterocycles. The fraction of sp³-hybridized carbons (Fsp3) is 0.148. The molecule has 0 amide bonds. The summed E-state index contributed by atoms with van der Waals surface area (Å²) in [5.74, 6) is 0. The van der Waals surface area contributed by atoms with Crippen molar-refractivity contribution in [2.45, 2.75) is 25.7 Å². The van der Waals surface area contributed by atoms with E-state index in [0.717, 1.165) is 5.69 Å². The van der Waals surface area contributed by atoms with E-state index >= 15 is 0 Å². The maximum absolute atomic E-state index is 6.35. The maximum atomic E-state index is 6.35. The number of nitrogen functional groups attached to an aromatic ring is 1. The van der Waals surface area contributed by atoms with E-state index in [0.29, 0.717) is 0 Å². The summed E-state index contributed by atoms with van der Waals surface area (Å²) in [5, 5.41) is 7.62. The Kier molecular flexibility index (Phi) is 4.61. The van der Waals surface area contributed by atoms with Gasteiger partial charge >= 0.3 is 0 Å². The number of hydrogen-bond donors (Lipinski definition) is 1. The van der Waals surface area contributed by atoms with Crippen LogP contribution in [0.5, 0.6) is 0 Å². The van der Waals surface area contributed by atoms with Gasteiger partial charge in [0.1, 0.15) is 0 Å². The van der Waals surface area contributed by atoms with Crippen molar-refractivity contribution in [3.8, 4) is 0 Å². The van der Waals surface area contributed by atoms with Crippen molar-refractivity contribution in [3.63, 3.8) is 0 Å². The normalized spacial score (nSPS) is 13.1. The second-order valence-electron chi connectivity index (χ2n) is 7.74. The highest BCUT2D eigenvalue weighted by molar-refractivity contribution is 6.14. The van der Waals surface area contributed by atoms with E-state index < -0.39 is 0 Å². The molecule has 4 aromatic carbocycles. The van der Waals surface area contributed by atoms with Gasteiger partial charge < -0.3 is 5.73 Å². The summed E-state index contributed by atoms with van der Waals surface area (Å²) < 4.78 is 0. The van der Waals surface area contributed by atoms with Gasteiger partial charge in [-0.1, -0.05) is 60.7 Å². The zero-order valence-electron chi connectivity index (χ0n) is 16.4. The van der Waals surface area contributed by atoms with Crippen molar-refractivity contribution in [1.29, 1.82) is 0 Å². The molecule has 142 valence electrons. The topological polar surface area (TPSA) is 38.9 Å². The SMILES string of the molecule is Nc1cc2ccccc2c2ccc3c(c12)CCCC3.c1ccc2cnccc2c1. The first-order valence-corrected chi connectivity index (χ1v) is 10.3. The number of aryl methyl sites for hydroxylation is 2. The number of aromatic nitrogens is 1. The van der Waals surface area contributed by atoms with Crippen molar-refractivity contribution in [1.82, 2.24) is 4.98 Å². The largest absolute Gasteiger partial charge is 0.398 e. The molecule has 0 bridgehead atoms. The summed E-state index contributed by atoms with van der Waals surface area (Å²) in [6.45, 7) is 0. The molecule has 29 heavy (non-hydrogen) atoms. The van der Waals surface area contributed by atoms with E-state index in [9.17, 15) is 0 Å². The molecule has 2 nitrogen and oxygen atoms in total. The summed E-state index contributed by atoms with van der Waals surface area (Å²) in [7, 11) is 0. The molecule has 5 aromatic rings. The number of anilines is 1. The van der Waals surface area contributed by atoms with Crippen LogP contribution in [-0.2, 0) is 12.8 Å². The van der Waals surface area contributed by atoms with E-state index in [1.54, 1.807) is 0 Å². The average Bonchev–Trinajstić information content (AvgIpc) is 2.79. The fourth-order valence-electron chi connectivity index (χ4n) is 4.52. The molecule has 0 atom stereocenters. The van der Waals surface area contributed by atoms with Crippen molar-refractivity contribution in [2.75, 3.05) is 5.73 Å². The highest BCUT2D eigenvalue weighted by Crippen LogP contribution is 2.36. The van der Waals surface area contributed by atoms with Crippen LogP contribution in [0.3, 0.4) is 0 Å². The Morgan fingerprint density at radius 2 is 1.45 bits per heavy atom. The highest BCUT2D eigenvalue weighted by atomic mass is 14.6. The van der Waals surface area contributed by atoms with Crippen LogP contribution in [0.25, 0.3) is 32.3 Å². The third kappa shape index (κ3) is 3.31. The van der Waals surface area contributed by atoms with Crippen LogP contribution < -0.4 is 5.73 Å². The lowest BCUT2D eigenvalue weighted by molar-refractivity contribution is 0.690. The first-order valence-electron chi connectivity index (χ1n) is 10.3. The van der Waals surface area contributed by atoms with Gasteiger partial charge in [-0.05, 0) is 75.9 Å². The Morgan fingerprint density at radius 3 is 2.31 bits per heavy atom. The molecule has 1 aliphatic rings. The lowest BCUT2D eigenvalue weighted by Crippen LogP contribution is -2.04. The standard InChI is InChI=1S/C18H17N.C9H7N/c19-17-11-13-6-2-3-7-14(13)16-10-9-12-5-1-4-8-15(12)18(16)17;1-2-4-9-7-10-6-5-8(9)3-1/h2-3,6-7,9-11H,1,4-5,8,19H2;1-7H. The first-order chi connectivity index (χ1) is 14.3. The van der Waals surface area contributed by atoms with E-state index in [2.05, 4.69) is 59.6 Å². The smallest absolute Gasteiger partial charge is 0.0403 e. The van der Waals surface area contributed by atoms with Crippen LogP contribution in [0.1, 0.15) is 24.0 Å². The molecule has 1 aliphatic carbocycles. The summed E-state index contributed by atoms with van der Waals surface area (Å²) in [6.07, 6.45) is 8.66. The lowest BCUT2D eigenvalue weighted by atomic mass is 9.86. The monoisotopic (exact) mass is 376 g/mol. The number of fused-ring (bicyclic) bond motifs is 6. The second-order valence-corrected chi connectivity index (χ2v) is 7.74. The van der Waals surface area contributed by atoms with Crippen molar-refractivity contribution < 1.29 is 0 Å². The number of nitrogens with zero attached hydrogens (tertiary/aromatic N) is 1. The molecule has 0 saturated carbocycles. The molecule has 6 rings (SSSR count). The minimum atomic E-state index is 0.937. The molecular formula is C27H24N2. The molecule has 0 spiro atoms. The van der Waals surface area contributed by atoms with E-state index in [1.165, 1.54) is 69.1 Å². The van der Waals surface area contributed by atoms with Gasteiger partial charge in [0, 0.05) is 23.5 Å². The molecule has 0 fully saturated rings. The molecule has 1 heterocycles. The number of nitrogens with two attached hydrogens (primary N) is 1. The maximum Gasteiger partial charge on any atom is 0.0403 e. The van der Waals surface area contributed by atoms with Crippen molar-refractivity contribution in [2.24, 2.45) is 0 Å². The van der Waals surface area contributed by atoms with Gasteiger partial charge in [0.2, 0.25) is 0 Å². The van der Waals surface area contributed by atoms with Crippen molar-refractivity contribution >= 4 is 38.0 Å². The molecule has 0 unspecified atom stereocenters. The Hall–Kier alpha value is -3.39. The minimum absolute atomic E-state index is 0.937. The number of pyridine rings is 1. The third-order valence-electron chi connectivity index (χ3n) is 5.93. The zero-order chi connectivity index (χ0) is 19.6. The predicted octanol–water partition coefficient (Wildman–Crippen LogP) is 6.69. The van der Waals surface area contributed by atoms with Gasteiger partial charge in [0.25, 0.3) is 0 Å². The number of rotatable bonds is 0. The molecule has 0 radical (unpaired) electrons. The van der Waals surface area contributed by atoms with Gasteiger partial charge in [-0.2, -0.15) is 0 Å². The Balaban J connectivity index is 0.000000153. The van der Waals surface area contributed by atoms with E-state index in [4.69, 9.17) is 5.73 Å². The number of benzene rings is 4. The summed E-state index contributed by atoms with van der Waals surface area (Å²) in [4.78, 5) is 4.01. The average molecular weight is 377 g/mol. The van der Waals surface area contributed by atoms with Crippen LogP contribution in [0.2, 0.25) is 0 Å². The molecule has 2 N–H and O–H groups in total. The van der Waals surface area contributed by atoms with Crippen LogP contribution in [0, 0.1) is 0 Å². The van der Waals surface area contributed by atoms with Gasteiger partial charge in [-0.15, -0.1) is 0 Å². The van der Waals surface area contributed by atoms with Crippen LogP contribution >= 0.6 is 0 Å². The Labute approximate surface area is 171 Å². The van der Waals surface area contributed by atoms with Crippen LogP contribution in [0.4, 0.5) is 5.69 Å². The zero-order valence-corrected chi connectivity index (χ0v) is 16.4. The minimum Gasteiger partial charge on any atom is -0.398 e. The summed E-state index contributed by atoms with van der Waals surface area (Å²) in [5.41, 5.74) is 10.3. The lowest BCUT2D eigenvalue weighted by Gasteiger charge is -2.20. The van der Waals surface area contributed by atoms with Crippen molar-refractivity contribution in [3.05, 3.63) is 96.3 Å². The predicted molar refractivity (Wildman–Crippen MR) is 124 cm³/mol. The van der Waals surface area contributed by atoms with Crippen LogP contribution in [0.15, 0.2) is 85.2 Å². The van der Waals surface area contributed by atoms with Gasteiger partial charge in [0.15, 0.2) is 0 Å². The molecule has 2 heteroatoms. The second kappa shape index (κ2) is 7.56. The molecule has 0 saturated heterocycles. The van der Waals surface area contributed by atoms with Gasteiger partial charge in [-0.25, -0.2) is 0 Å². The first kappa shape index (κ1) is 17.7. The van der Waals surface area contributed by atoms with Crippen LogP contribution in [-0.4, -0.2) is 4.98 Å². The van der Waals surface area contributed by atoms with E-state index in [1.807, 2.05) is 30.6 Å². The molecular weight excluding hydrogens is 352 g/mol. The summed E-state index contributed by atoms with van der Waals surface area (Å²) in [6, 6.07) is 25.4. The fourth-order valence-corrected chi connectivity index (χ4v) is 4.52. The Morgan fingerprint density at radius 1 is 0.690 bits per heavy atom. The highest BCUT2D eigenvalue weighted by Gasteiger charge is 2.15.